The summed E-state index contributed by atoms with van der Waals surface area (Å²) in [4.78, 5) is 0. The van der Waals surface area contributed by atoms with Crippen molar-refractivity contribution >= 4 is 11.6 Å². The van der Waals surface area contributed by atoms with E-state index in [9.17, 15) is 9.50 Å². The van der Waals surface area contributed by atoms with Crippen molar-refractivity contribution in [2.24, 2.45) is 0 Å². The number of halogens is 2. The van der Waals surface area contributed by atoms with Crippen LogP contribution in [0.1, 0.15) is 25.2 Å². The Morgan fingerprint density at radius 1 is 1.35 bits per heavy atom. The van der Waals surface area contributed by atoms with Gasteiger partial charge in [0.25, 0.3) is 0 Å². The Labute approximate surface area is 104 Å². The van der Waals surface area contributed by atoms with Crippen molar-refractivity contribution < 1.29 is 13.9 Å². The molecule has 0 radical (unpaired) electrons. The summed E-state index contributed by atoms with van der Waals surface area (Å²) >= 11 is 5.67. The molecule has 0 aliphatic carbocycles. The summed E-state index contributed by atoms with van der Waals surface area (Å²) < 4.78 is 19.0. The second-order valence-corrected chi connectivity index (χ2v) is 4.19. The average Bonchev–Trinajstić information content (AvgIpc) is 2.77. The van der Waals surface area contributed by atoms with Crippen molar-refractivity contribution in [2.75, 3.05) is 0 Å². The van der Waals surface area contributed by atoms with E-state index in [1.54, 1.807) is 24.3 Å². The van der Waals surface area contributed by atoms with Crippen molar-refractivity contribution in [1.82, 2.24) is 0 Å². The van der Waals surface area contributed by atoms with Crippen molar-refractivity contribution in [3.05, 3.63) is 46.9 Å². The molecule has 1 aromatic heterocycles. The monoisotopic (exact) mass is 254 g/mol. The maximum atomic E-state index is 13.6. The Kier molecular flexibility index (Phi) is 3.50. The SMILES string of the molecule is CCC(O)c1ccc(-c2ccc(Cl)cc2F)o1. The molecular formula is C13H12ClFO2. The van der Waals surface area contributed by atoms with E-state index in [4.69, 9.17) is 16.0 Å². The van der Waals surface area contributed by atoms with Gasteiger partial charge in [-0.3, -0.25) is 0 Å². The van der Waals surface area contributed by atoms with Gasteiger partial charge in [0.1, 0.15) is 23.4 Å². The van der Waals surface area contributed by atoms with Crippen LogP contribution in [0.15, 0.2) is 34.7 Å². The number of hydrogen-bond acceptors (Lipinski definition) is 2. The van der Waals surface area contributed by atoms with E-state index in [1.165, 1.54) is 6.07 Å². The van der Waals surface area contributed by atoms with Crippen molar-refractivity contribution in [1.29, 1.82) is 0 Å². The molecule has 0 bridgehead atoms. The second kappa shape index (κ2) is 4.90. The molecule has 0 fully saturated rings. The lowest BCUT2D eigenvalue weighted by atomic mass is 10.1. The summed E-state index contributed by atoms with van der Waals surface area (Å²) in [5, 5.41) is 9.93. The van der Waals surface area contributed by atoms with Crippen LogP contribution >= 0.6 is 11.6 Å². The molecule has 4 heteroatoms. The third-order valence-electron chi connectivity index (χ3n) is 2.54. The maximum Gasteiger partial charge on any atom is 0.137 e. The Morgan fingerprint density at radius 2 is 2.12 bits per heavy atom. The molecule has 0 aliphatic heterocycles. The predicted molar refractivity (Wildman–Crippen MR) is 64.4 cm³/mol. The average molecular weight is 255 g/mol. The standard InChI is InChI=1S/C13H12ClFO2/c1-2-11(16)13-6-5-12(17-13)9-4-3-8(14)7-10(9)15/h3-7,11,16H,2H2,1H3. The fourth-order valence-electron chi connectivity index (χ4n) is 1.57. The first-order valence-electron chi connectivity index (χ1n) is 5.35. The van der Waals surface area contributed by atoms with E-state index in [0.29, 0.717) is 28.5 Å². The molecule has 0 aliphatic rings. The lowest BCUT2D eigenvalue weighted by Gasteiger charge is -2.03. The Morgan fingerprint density at radius 3 is 2.76 bits per heavy atom. The van der Waals surface area contributed by atoms with E-state index in [-0.39, 0.29) is 0 Å². The highest BCUT2D eigenvalue weighted by Gasteiger charge is 2.13. The summed E-state index contributed by atoms with van der Waals surface area (Å²) in [6.07, 6.45) is -0.102. The molecule has 90 valence electrons. The van der Waals surface area contributed by atoms with Crippen LogP contribution in [0.4, 0.5) is 4.39 Å². The number of benzene rings is 1. The van der Waals surface area contributed by atoms with Gasteiger partial charge in [-0.25, -0.2) is 4.39 Å². The highest BCUT2D eigenvalue weighted by atomic mass is 35.5. The van der Waals surface area contributed by atoms with Crippen LogP contribution in [0.25, 0.3) is 11.3 Å². The van der Waals surface area contributed by atoms with Gasteiger partial charge in [-0.05, 0) is 36.8 Å². The molecular weight excluding hydrogens is 243 g/mol. The number of rotatable bonds is 3. The summed E-state index contributed by atoms with van der Waals surface area (Å²) in [7, 11) is 0. The highest BCUT2D eigenvalue weighted by Crippen LogP contribution is 2.29. The summed E-state index contributed by atoms with van der Waals surface area (Å²) in [6.45, 7) is 1.84. The van der Waals surface area contributed by atoms with Gasteiger partial charge >= 0.3 is 0 Å². The van der Waals surface area contributed by atoms with Crippen LogP contribution in [-0.2, 0) is 0 Å². The van der Waals surface area contributed by atoms with Gasteiger partial charge < -0.3 is 9.52 Å². The molecule has 17 heavy (non-hydrogen) atoms. The van der Waals surface area contributed by atoms with E-state index < -0.39 is 11.9 Å². The van der Waals surface area contributed by atoms with Crippen LogP contribution < -0.4 is 0 Å². The fourth-order valence-corrected chi connectivity index (χ4v) is 1.73. The molecule has 0 saturated heterocycles. The molecule has 2 aromatic rings. The van der Waals surface area contributed by atoms with Gasteiger partial charge in [-0.15, -0.1) is 0 Å². The zero-order chi connectivity index (χ0) is 12.4. The molecule has 1 atom stereocenters. The zero-order valence-electron chi connectivity index (χ0n) is 9.28. The third kappa shape index (κ3) is 2.51. The van der Waals surface area contributed by atoms with Crippen LogP contribution in [0.2, 0.25) is 5.02 Å². The van der Waals surface area contributed by atoms with Crippen LogP contribution in [0.3, 0.4) is 0 Å². The first-order valence-corrected chi connectivity index (χ1v) is 5.73. The normalized spacial score (nSPS) is 12.7. The minimum absolute atomic E-state index is 0.337. The number of aliphatic hydroxyl groups excluding tert-OH is 1. The molecule has 2 rings (SSSR count). The lowest BCUT2D eigenvalue weighted by molar-refractivity contribution is 0.146. The Bertz CT molecular complexity index is 522. The minimum atomic E-state index is -0.654. The molecule has 1 N–H and O–H groups in total. The smallest absolute Gasteiger partial charge is 0.137 e. The van der Waals surface area contributed by atoms with Crippen LogP contribution in [-0.4, -0.2) is 5.11 Å². The van der Waals surface area contributed by atoms with Gasteiger partial charge in [-0.1, -0.05) is 18.5 Å². The van der Waals surface area contributed by atoms with Gasteiger partial charge in [0.2, 0.25) is 0 Å². The molecule has 2 nitrogen and oxygen atoms in total. The number of furan rings is 1. The van der Waals surface area contributed by atoms with Gasteiger partial charge in [-0.2, -0.15) is 0 Å². The molecule has 1 aromatic carbocycles. The van der Waals surface area contributed by atoms with Gasteiger partial charge in [0.15, 0.2) is 0 Å². The van der Waals surface area contributed by atoms with E-state index in [1.807, 2.05) is 6.92 Å². The summed E-state index contributed by atoms with van der Waals surface area (Å²) in [6, 6.07) is 7.67. The molecule has 1 unspecified atom stereocenters. The molecule has 0 amide bonds. The highest BCUT2D eigenvalue weighted by molar-refractivity contribution is 6.30. The van der Waals surface area contributed by atoms with Crippen molar-refractivity contribution in [2.45, 2.75) is 19.4 Å². The van der Waals surface area contributed by atoms with E-state index in [0.717, 1.165) is 0 Å². The number of hydrogen-bond donors (Lipinski definition) is 1. The van der Waals surface area contributed by atoms with E-state index in [2.05, 4.69) is 0 Å². The largest absolute Gasteiger partial charge is 0.458 e. The molecule has 1 heterocycles. The topological polar surface area (TPSA) is 33.4 Å². The quantitative estimate of drug-likeness (QED) is 0.891. The first kappa shape index (κ1) is 12.1. The van der Waals surface area contributed by atoms with Crippen LogP contribution in [0, 0.1) is 5.82 Å². The second-order valence-electron chi connectivity index (χ2n) is 3.75. The molecule has 0 spiro atoms. The summed E-state index contributed by atoms with van der Waals surface area (Å²) in [5.74, 6) is 0.392. The molecule has 0 saturated carbocycles. The number of aliphatic hydroxyl groups is 1. The van der Waals surface area contributed by atoms with Gasteiger partial charge in [0.05, 0.1) is 5.56 Å². The third-order valence-corrected chi connectivity index (χ3v) is 2.77. The van der Waals surface area contributed by atoms with Crippen LogP contribution in [0.5, 0.6) is 0 Å². The van der Waals surface area contributed by atoms with E-state index >= 15 is 0 Å². The first-order chi connectivity index (χ1) is 8.11. The summed E-state index contributed by atoms with van der Waals surface area (Å²) in [5.41, 5.74) is 0.337. The predicted octanol–water partition coefficient (Wildman–Crippen LogP) is 4.18. The fraction of sp³-hybridized carbons (Fsp3) is 0.231. The minimum Gasteiger partial charge on any atom is -0.458 e. The maximum absolute atomic E-state index is 13.6. The van der Waals surface area contributed by atoms with Crippen molar-refractivity contribution in [3.63, 3.8) is 0 Å². The Hall–Kier alpha value is -1.32. The zero-order valence-corrected chi connectivity index (χ0v) is 10.0. The lowest BCUT2D eigenvalue weighted by Crippen LogP contribution is -1.91. The van der Waals surface area contributed by atoms with Gasteiger partial charge in [0, 0.05) is 5.02 Å². The van der Waals surface area contributed by atoms with Crippen molar-refractivity contribution in [3.8, 4) is 11.3 Å². The Balaban J connectivity index is 2.37.